The highest BCUT2D eigenvalue weighted by Gasteiger charge is 2.21. The second kappa shape index (κ2) is 6.31. The van der Waals surface area contributed by atoms with Crippen LogP contribution in [0.5, 0.6) is 0 Å². The number of para-hydroxylation sites is 1. The third-order valence-electron chi connectivity index (χ3n) is 3.59. The Hall–Kier alpha value is -2.49. The molecular formula is C17H18N2O2. The Morgan fingerprint density at radius 3 is 2.76 bits per heavy atom. The lowest BCUT2D eigenvalue weighted by Crippen LogP contribution is -2.33. The molecule has 1 aliphatic heterocycles. The van der Waals surface area contributed by atoms with Gasteiger partial charge in [-0.25, -0.2) is 4.79 Å². The summed E-state index contributed by atoms with van der Waals surface area (Å²) in [5.74, 6) is 0. The highest BCUT2D eigenvalue weighted by Crippen LogP contribution is 2.29. The summed E-state index contributed by atoms with van der Waals surface area (Å²) >= 11 is 0. The van der Waals surface area contributed by atoms with Crippen LogP contribution in [0.1, 0.15) is 23.6 Å². The standard InChI is InChI=1S/C17H18N2O2/c20-17(21-12-13-6-2-1-3-7-13)19-16-10-11-18-15-9-5-4-8-14(15)16/h1-9,16,18H,10-12H2,(H,19,20). The van der Waals surface area contributed by atoms with E-state index in [0.29, 0.717) is 6.61 Å². The molecule has 1 unspecified atom stereocenters. The number of anilines is 1. The van der Waals surface area contributed by atoms with E-state index in [9.17, 15) is 4.79 Å². The molecule has 0 spiro atoms. The van der Waals surface area contributed by atoms with E-state index < -0.39 is 0 Å². The first-order valence-electron chi connectivity index (χ1n) is 7.13. The highest BCUT2D eigenvalue weighted by atomic mass is 16.5. The average molecular weight is 282 g/mol. The van der Waals surface area contributed by atoms with Gasteiger partial charge in [0, 0.05) is 12.2 Å². The van der Waals surface area contributed by atoms with Gasteiger partial charge in [-0.1, -0.05) is 48.5 Å². The molecule has 2 N–H and O–H groups in total. The number of hydrogen-bond acceptors (Lipinski definition) is 3. The van der Waals surface area contributed by atoms with Gasteiger partial charge < -0.3 is 15.4 Å². The van der Waals surface area contributed by atoms with Crippen molar-refractivity contribution in [2.24, 2.45) is 0 Å². The predicted octanol–water partition coefficient (Wildman–Crippen LogP) is 3.47. The van der Waals surface area contributed by atoms with E-state index in [1.165, 1.54) is 0 Å². The Balaban J connectivity index is 1.58. The van der Waals surface area contributed by atoms with Crippen LogP contribution >= 0.6 is 0 Å². The maximum Gasteiger partial charge on any atom is 0.407 e. The fraction of sp³-hybridized carbons (Fsp3) is 0.235. The Kier molecular flexibility index (Phi) is 4.05. The molecule has 0 aromatic heterocycles. The van der Waals surface area contributed by atoms with Crippen LogP contribution in [0.4, 0.5) is 10.5 Å². The van der Waals surface area contributed by atoms with Crippen LogP contribution in [0, 0.1) is 0 Å². The normalized spacial score (nSPS) is 16.5. The SMILES string of the molecule is O=C(NC1CCNc2ccccc21)OCc1ccccc1. The van der Waals surface area contributed by atoms with E-state index in [2.05, 4.69) is 10.6 Å². The first kappa shape index (κ1) is 13.5. The quantitative estimate of drug-likeness (QED) is 0.906. The molecule has 0 saturated heterocycles. The predicted molar refractivity (Wildman–Crippen MR) is 82.1 cm³/mol. The summed E-state index contributed by atoms with van der Waals surface area (Å²) in [6.45, 7) is 1.14. The van der Waals surface area contributed by atoms with Crippen molar-refractivity contribution in [3.8, 4) is 0 Å². The van der Waals surface area contributed by atoms with Gasteiger partial charge in [0.25, 0.3) is 0 Å². The van der Waals surface area contributed by atoms with Gasteiger partial charge in [-0.3, -0.25) is 0 Å². The van der Waals surface area contributed by atoms with E-state index in [0.717, 1.165) is 29.8 Å². The van der Waals surface area contributed by atoms with Crippen molar-refractivity contribution in [3.05, 3.63) is 65.7 Å². The van der Waals surface area contributed by atoms with Gasteiger partial charge in [0.2, 0.25) is 0 Å². The molecule has 0 radical (unpaired) electrons. The zero-order valence-corrected chi connectivity index (χ0v) is 11.7. The molecule has 1 heterocycles. The minimum atomic E-state index is -0.374. The minimum Gasteiger partial charge on any atom is -0.445 e. The van der Waals surface area contributed by atoms with Crippen LogP contribution in [0.25, 0.3) is 0 Å². The van der Waals surface area contributed by atoms with Crippen LogP contribution in [0.15, 0.2) is 54.6 Å². The molecule has 0 saturated carbocycles. The second-order valence-electron chi connectivity index (χ2n) is 5.06. The van der Waals surface area contributed by atoms with Gasteiger partial charge in [-0.15, -0.1) is 0 Å². The van der Waals surface area contributed by atoms with Crippen molar-refractivity contribution in [1.82, 2.24) is 5.32 Å². The van der Waals surface area contributed by atoms with Crippen LogP contribution in [0.2, 0.25) is 0 Å². The van der Waals surface area contributed by atoms with Crippen LogP contribution < -0.4 is 10.6 Å². The Morgan fingerprint density at radius 1 is 1.14 bits per heavy atom. The van der Waals surface area contributed by atoms with Crippen molar-refractivity contribution in [1.29, 1.82) is 0 Å². The number of alkyl carbamates (subject to hydrolysis) is 1. The number of hydrogen-bond donors (Lipinski definition) is 2. The average Bonchev–Trinajstić information content (AvgIpc) is 2.54. The summed E-state index contributed by atoms with van der Waals surface area (Å²) < 4.78 is 5.28. The zero-order chi connectivity index (χ0) is 14.5. The summed E-state index contributed by atoms with van der Waals surface area (Å²) in [7, 11) is 0. The van der Waals surface area contributed by atoms with Gasteiger partial charge in [-0.05, 0) is 23.6 Å². The summed E-state index contributed by atoms with van der Waals surface area (Å²) in [4.78, 5) is 11.9. The fourth-order valence-corrected chi connectivity index (χ4v) is 2.53. The monoisotopic (exact) mass is 282 g/mol. The number of fused-ring (bicyclic) bond motifs is 1. The molecular weight excluding hydrogens is 264 g/mol. The fourth-order valence-electron chi connectivity index (χ4n) is 2.53. The van der Waals surface area contributed by atoms with Crippen molar-refractivity contribution in [2.45, 2.75) is 19.1 Å². The van der Waals surface area contributed by atoms with E-state index in [4.69, 9.17) is 4.74 Å². The number of carbonyl (C=O) groups excluding carboxylic acids is 1. The molecule has 4 nitrogen and oxygen atoms in total. The lowest BCUT2D eigenvalue weighted by Gasteiger charge is -2.27. The summed E-state index contributed by atoms with van der Waals surface area (Å²) in [6.07, 6.45) is 0.484. The smallest absolute Gasteiger partial charge is 0.407 e. The van der Waals surface area contributed by atoms with E-state index in [1.807, 2.05) is 54.6 Å². The van der Waals surface area contributed by atoms with Gasteiger partial charge >= 0.3 is 6.09 Å². The molecule has 21 heavy (non-hydrogen) atoms. The molecule has 1 aliphatic rings. The molecule has 4 heteroatoms. The first-order valence-corrected chi connectivity index (χ1v) is 7.13. The number of nitrogens with one attached hydrogen (secondary N) is 2. The van der Waals surface area contributed by atoms with E-state index >= 15 is 0 Å². The molecule has 0 fully saturated rings. The Bertz CT molecular complexity index is 613. The summed E-state index contributed by atoms with van der Waals surface area (Å²) in [6, 6.07) is 17.7. The van der Waals surface area contributed by atoms with E-state index in [-0.39, 0.29) is 12.1 Å². The van der Waals surface area contributed by atoms with E-state index in [1.54, 1.807) is 0 Å². The topological polar surface area (TPSA) is 50.4 Å². The van der Waals surface area contributed by atoms with Gasteiger partial charge in [-0.2, -0.15) is 0 Å². The highest BCUT2D eigenvalue weighted by molar-refractivity contribution is 5.69. The lowest BCUT2D eigenvalue weighted by atomic mass is 9.98. The number of benzene rings is 2. The van der Waals surface area contributed by atoms with Crippen LogP contribution in [-0.4, -0.2) is 12.6 Å². The number of amides is 1. The van der Waals surface area contributed by atoms with Crippen molar-refractivity contribution >= 4 is 11.8 Å². The Morgan fingerprint density at radius 2 is 1.90 bits per heavy atom. The van der Waals surface area contributed by atoms with Crippen molar-refractivity contribution in [3.63, 3.8) is 0 Å². The second-order valence-corrected chi connectivity index (χ2v) is 5.06. The molecule has 2 aromatic carbocycles. The largest absolute Gasteiger partial charge is 0.445 e. The molecule has 0 bridgehead atoms. The number of ether oxygens (including phenoxy) is 1. The first-order chi connectivity index (χ1) is 10.3. The summed E-state index contributed by atoms with van der Waals surface area (Å²) in [5, 5.41) is 6.28. The lowest BCUT2D eigenvalue weighted by molar-refractivity contribution is 0.135. The minimum absolute atomic E-state index is 0.00530. The van der Waals surface area contributed by atoms with Crippen molar-refractivity contribution < 1.29 is 9.53 Å². The number of rotatable bonds is 3. The molecule has 1 atom stereocenters. The van der Waals surface area contributed by atoms with Crippen LogP contribution in [0.3, 0.4) is 0 Å². The van der Waals surface area contributed by atoms with Crippen molar-refractivity contribution in [2.75, 3.05) is 11.9 Å². The Labute approximate surface area is 124 Å². The van der Waals surface area contributed by atoms with Gasteiger partial charge in [0.1, 0.15) is 6.61 Å². The molecule has 108 valence electrons. The number of carbonyl (C=O) groups is 1. The molecule has 1 amide bonds. The third kappa shape index (κ3) is 3.34. The maximum absolute atomic E-state index is 11.9. The van der Waals surface area contributed by atoms with Gasteiger partial charge in [0.15, 0.2) is 0 Å². The zero-order valence-electron chi connectivity index (χ0n) is 11.7. The van der Waals surface area contributed by atoms with Gasteiger partial charge in [0.05, 0.1) is 6.04 Å². The maximum atomic E-state index is 11.9. The third-order valence-corrected chi connectivity index (χ3v) is 3.59. The molecule has 0 aliphatic carbocycles. The summed E-state index contributed by atoms with van der Waals surface area (Å²) in [5.41, 5.74) is 3.18. The molecule has 2 aromatic rings. The van der Waals surface area contributed by atoms with Crippen LogP contribution in [-0.2, 0) is 11.3 Å². The molecule has 3 rings (SSSR count).